The van der Waals surface area contributed by atoms with E-state index in [1.54, 1.807) is 11.3 Å². The van der Waals surface area contributed by atoms with Gasteiger partial charge in [-0.15, -0.1) is 11.3 Å². The van der Waals surface area contributed by atoms with Gasteiger partial charge in [-0.2, -0.15) is 0 Å². The zero-order chi connectivity index (χ0) is 12.3. The smallest absolute Gasteiger partial charge is 0.129 e. The second-order valence-electron chi connectivity index (χ2n) is 4.71. The molecule has 0 N–H and O–H groups in total. The molecule has 1 aliphatic rings. The van der Waals surface area contributed by atoms with Crippen molar-refractivity contribution in [2.45, 2.75) is 13.0 Å². The topological polar surface area (TPSA) is 29.5 Å². The molecule has 1 aromatic rings. The third-order valence-corrected chi connectivity index (χ3v) is 4.60. The van der Waals surface area contributed by atoms with Gasteiger partial charge in [-0.25, -0.2) is 0 Å². The predicted molar refractivity (Wildman–Crippen MR) is 72.3 cm³/mol. The average molecular weight is 318 g/mol. The van der Waals surface area contributed by atoms with Crippen LogP contribution in [0.3, 0.4) is 0 Å². The van der Waals surface area contributed by atoms with Crippen molar-refractivity contribution >= 4 is 33.6 Å². The van der Waals surface area contributed by atoms with Crippen LogP contribution in [0.15, 0.2) is 15.2 Å². The molecule has 1 unspecified atom stereocenters. The van der Waals surface area contributed by atoms with Gasteiger partial charge < -0.3 is 14.4 Å². The van der Waals surface area contributed by atoms with Crippen LogP contribution < -0.4 is 0 Å². The summed E-state index contributed by atoms with van der Waals surface area (Å²) in [5.41, 5.74) is 0.992. The molecule has 1 aromatic heterocycles. The highest BCUT2D eigenvalue weighted by Crippen LogP contribution is 2.28. The molecule has 0 amide bonds. The molecule has 1 saturated heterocycles. The lowest BCUT2D eigenvalue weighted by molar-refractivity contribution is -0.117. The van der Waals surface area contributed by atoms with Gasteiger partial charge >= 0.3 is 0 Å². The number of hydrogen-bond acceptors (Lipinski definition) is 4. The van der Waals surface area contributed by atoms with Crippen LogP contribution in [-0.2, 0) is 16.1 Å². The Morgan fingerprint density at radius 2 is 2.53 bits per heavy atom. The summed E-state index contributed by atoms with van der Waals surface area (Å²) in [6.07, 6.45) is 1.91. The van der Waals surface area contributed by atoms with Crippen molar-refractivity contribution in [2.75, 3.05) is 26.8 Å². The van der Waals surface area contributed by atoms with Crippen LogP contribution in [0, 0.1) is 5.41 Å². The van der Waals surface area contributed by atoms with Crippen molar-refractivity contribution in [3.63, 3.8) is 0 Å². The average Bonchev–Trinajstić information content (AvgIpc) is 2.89. The second-order valence-corrected chi connectivity index (χ2v) is 7.00. The van der Waals surface area contributed by atoms with Crippen LogP contribution in [0.25, 0.3) is 0 Å². The van der Waals surface area contributed by atoms with E-state index < -0.39 is 0 Å². The Labute approximate surface area is 114 Å². The third kappa shape index (κ3) is 3.37. The molecular formula is C12H16BrNO2S. The molecule has 5 heteroatoms. The lowest BCUT2D eigenvalue weighted by Crippen LogP contribution is -2.37. The Kier molecular flexibility index (Phi) is 4.36. The molecule has 0 spiro atoms. The minimum atomic E-state index is -0.290. The van der Waals surface area contributed by atoms with Crippen LogP contribution >= 0.6 is 27.3 Å². The zero-order valence-electron chi connectivity index (χ0n) is 9.82. The minimum absolute atomic E-state index is 0.290. The Hall–Kier alpha value is -0.230. The van der Waals surface area contributed by atoms with E-state index in [1.807, 2.05) is 0 Å². The first-order chi connectivity index (χ1) is 8.13. The van der Waals surface area contributed by atoms with E-state index in [0.717, 1.165) is 29.6 Å². The van der Waals surface area contributed by atoms with E-state index in [9.17, 15) is 4.79 Å². The van der Waals surface area contributed by atoms with E-state index in [-0.39, 0.29) is 5.41 Å². The van der Waals surface area contributed by atoms with Gasteiger partial charge in [0.2, 0.25) is 0 Å². The molecule has 0 aromatic carbocycles. The van der Waals surface area contributed by atoms with Crippen molar-refractivity contribution in [3.8, 4) is 0 Å². The van der Waals surface area contributed by atoms with Crippen LogP contribution in [0.4, 0.5) is 0 Å². The molecule has 0 aliphatic carbocycles. The standard InChI is InChI=1S/C12H16BrNO2S/c1-14(5-10-4-11(13)17-6-10)7-12(8-15)2-3-16-9-12/h4,6,8H,2-3,5,7,9H2,1H3. The summed E-state index contributed by atoms with van der Waals surface area (Å²) >= 11 is 5.15. The van der Waals surface area contributed by atoms with E-state index in [0.29, 0.717) is 13.2 Å². The largest absolute Gasteiger partial charge is 0.380 e. The monoisotopic (exact) mass is 317 g/mol. The molecule has 94 valence electrons. The number of nitrogens with zero attached hydrogens (tertiary/aromatic N) is 1. The molecular weight excluding hydrogens is 302 g/mol. The first-order valence-corrected chi connectivity index (χ1v) is 7.26. The highest BCUT2D eigenvalue weighted by molar-refractivity contribution is 9.11. The summed E-state index contributed by atoms with van der Waals surface area (Å²) in [5.74, 6) is 0. The molecule has 1 aliphatic heterocycles. The lowest BCUT2D eigenvalue weighted by atomic mass is 9.88. The van der Waals surface area contributed by atoms with Gasteiger partial charge in [-0.05, 0) is 46.4 Å². The first-order valence-electron chi connectivity index (χ1n) is 5.59. The summed E-state index contributed by atoms with van der Waals surface area (Å²) in [6, 6.07) is 2.12. The van der Waals surface area contributed by atoms with Gasteiger partial charge in [-0.3, -0.25) is 0 Å². The van der Waals surface area contributed by atoms with E-state index in [4.69, 9.17) is 4.74 Å². The lowest BCUT2D eigenvalue weighted by Gasteiger charge is -2.26. The number of hydrogen-bond donors (Lipinski definition) is 0. The Balaban J connectivity index is 1.92. The number of rotatable bonds is 5. The van der Waals surface area contributed by atoms with Crippen LogP contribution in [0.5, 0.6) is 0 Å². The number of thiophene rings is 1. The van der Waals surface area contributed by atoms with Crippen molar-refractivity contribution in [1.82, 2.24) is 4.90 Å². The molecule has 1 fully saturated rings. The highest BCUT2D eigenvalue weighted by Gasteiger charge is 2.35. The van der Waals surface area contributed by atoms with Gasteiger partial charge in [0.05, 0.1) is 15.8 Å². The maximum absolute atomic E-state index is 11.2. The maximum Gasteiger partial charge on any atom is 0.129 e. The summed E-state index contributed by atoms with van der Waals surface area (Å²) in [7, 11) is 2.05. The quantitative estimate of drug-likeness (QED) is 0.782. The van der Waals surface area contributed by atoms with Gasteiger partial charge in [0.1, 0.15) is 6.29 Å². The van der Waals surface area contributed by atoms with Crippen molar-refractivity contribution in [1.29, 1.82) is 0 Å². The number of aldehydes is 1. The molecule has 0 saturated carbocycles. The second kappa shape index (κ2) is 5.61. The Bertz CT molecular complexity index is 388. The number of halogens is 1. The molecule has 2 heterocycles. The third-order valence-electron chi connectivity index (χ3n) is 3.04. The fraction of sp³-hybridized carbons (Fsp3) is 0.583. The van der Waals surface area contributed by atoms with Gasteiger partial charge in [-0.1, -0.05) is 0 Å². The van der Waals surface area contributed by atoms with E-state index >= 15 is 0 Å². The van der Waals surface area contributed by atoms with Crippen LogP contribution in [0.1, 0.15) is 12.0 Å². The molecule has 0 bridgehead atoms. The zero-order valence-corrected chi connectivity index (χ0v) is 12.2. The summed E-state index contributed by atoms with van der Waals surface area (Å²) in [5, 5.41) is 2.14. The Morgan fingerprint density at radius 3 is 3.06 bits per heavy atom. The molecule has 17 heavy (non-hydrogen) atoms. The summed E-state index contributed by atoms with van der Waals surface area (Å²) in [6.45, 7) is 2.91. The molecule has 3 nitrogen and oxygen atoms in total. The van der Waals surface area contributed by atoms with E-state index in [2.05, 4.69) is 39.3 Å². The van der Waals surface area contributed by atoms with Crippen molar-refractivity contribution < 1.29 is 9.53 Å². The summed E-state index contributed by atoms with van der Waals surface area (Å²) in [4.78, 5) is 13.4. The maximum atomic E-state index is 11.2. The molecule has 1 atom stereocenters. The SMILES string of the molecule is CN(Cc1csc(Br)c1)CC1(C=O)CCOC1. The number of carbonyl (C=O) groups excluding carboxylic acids is 1. The number of carbonyl (C=O) groups is 1. The van der Waals surface area contributed by atoms with Gasteiger partial charge in [0.15, 0.2) is 0 Å². The van der Waals surface area contributed by atoms with Gasteiger partial charge in [0.25, 0.3) is 0 Å². The fourth-order valence-corrected chi connectivity index (χ4v) is 3.41. The minimum Gasteiger partial charge on any atom is -0.380 e. The van der Waals surface area contributed by atoms with Crippen LogP contribution in [-0.4, -0.2) is 38.0 Å². The number of ether oxygens (including phenoxy) is 1. The normalized spacial score (nSPS) is 24.4. The van der Waals surface area contributed by atoms with Gasteiger partial charge in [0, 0.05) is 19.7 Å². The van der Waals surface area contributed by atoms with Crippen molar-refractivity contribution in [2.24, 2.45) is 5.41 Å². The highest BCUT2D eigenvalue weighted by atomic mass is 79.9. The molecule has 2 rings (SSSR count). The van der Waals surface area contributed by atoms with Crippen LogP contribution in [0.2, 0.25) is 0 Å². The predicted octanol–water partition coefficient (Wildman–Crippen LogP) is 2.55. The summed E-state index contributed by atoms with van der Waals surface area (Å²) < 4.78 is 6.49. The first kappa shape index (κ1) is 13.2. The molecule has 0 radical (unpaired) electrons. The fourth-order valence-electron chi connectivity index (χ4n) is 2.21. The Morgan fingerprint density at radius 1 is 1.71 bits per heavy atom. The van der Waals surface area contributed by atoms with E-state index in [1.165, 1.54) is 5.56 Å². The van der Waals surface area contributed by atoms with Crippen molar-refractivity contribution in [3.05, 3.63) is 20.8 Å².